The van der Waals surface area contributed by atoms with E-state index in [0.29, 0.717) is 22.1 Å². The summed E-state index contributed by atoms with van der Waals surface area (Å²) < 4.78 is 16.0. The summed E-state index contributed by atoms with van der Waals surface area (Å²) >= 11 is 6.19. The van der Waals surface area contributed by atoms with Crippen LogP contribution in [-0.2, 0) is 16.1 Å². The molecule has 0 aliphatic rings. The summed E-state index contributed by atoms with van der Waals surface area (Å²) in [7, 11) is 2.76. The minimum Gasteiger partial charge on any atom is -0.493 e. The standard InChI is InChI=1S/C26H21ClN2O5/c1-32-23-12-11-17(14-24(23)34-16-18-7-3-5-9-21(18)27)13-19(15-28)25(30)29-22-10-6-4-8-20(22)26(31)33-2/h3-14H,16H2,1-2H3,(H,29,30)/b19-13+. The van der Waals surface area contributed by atoms with Gasteiger partial charge in [-0.1, -0.05) is 48.0 Å². The molecule has 0 aliphatic carbocycles. The minimum absolute atomic E-state index is 0.165. The lowest BCUT2D eigenvalue weighted by Gasteiger charge is -2.12. The molecule has 0 aliphatic heterocycles. The molecule has 3 aromatic carbocycles. The Morgan fingerprint density at radius 1 is 1.03 bits per heavy atom. The Morgan fingerprint density at radius 2 is 1.76 bits per heavy atom. The zero-order valence-corrected chi connectivity index (χ0v) is 19.3. The van der Waals surface area contributed by atoms with Crippen LogP contribution in [0.4, 0.5) is 5.69 Å². The number of methoxy groups -OCH3 is 2. The number of carbonyl (C=O) groups is 2. The predicted octanol–water partition coefficient (Wildman–Crippen LogP) is 5.26. The van der Waals surface area contributed by atoms with Crippen molar-refractivity contribution < 1.29 is 23.8 Å². The number of nitriles is 1. The van der Waals surface area contributed by atoms with Gasteiger partial charge in [0.15, 0.2) is 11.5 Å². The lowest BCUT2D eigenvalue weighted by molar-refractivity contribution is -0.112. The predicted molar refractivity (Wildman–Crippen MR) is 129 cm³/mol. The third kappa shape index (κ3) is 5.94. The van der Waals surface area contributed by atoms with Crippen molar-refractivity contribution >= 4 is 35.2 Å². The van der Waals surface area contributed by atoms with Gasteiger partial charge in [-0.25, -0.2) is 4.79 Å². The normalized spacial score (nSPS) is 10.7. The maximum atomic E-state index is 12.7. The van der Waals surface area contributed by atoms with Crippen LogP contribution >= 0.6 is 11.6 Å². The van der Waals surface area contributed by atoms with Gasteiger partial charge in [-0.3, -0.25) is 4.79 Å². The molecule has 0 fully saturated rings. The third-order valence-electron chi connectivity index (χ3n) is 4.79. The molecule has 0 saturated heterocycles. The number of para-hydroxylation sites is 1. The molecule has 8 heteroatoms. The highest BCUT2D eigenvalue weighted by atomic mass is 35.5. The topological polar surface area (TPSA) is 97.7 Å². The number of esters is 1. The van der Waals surface area contributed by atoms with Gasteiger partial charge in [0, 0.05) is 10.6 Å². The molecular weight excluding hydrogens is 456 g/mol. The van der Waals surface area contributed by atoms with E-state index in [4.69, 9.17) is 25.8 Å². The summed E-state index contributed by atoms with van der Waals surface area (Å²) in [5, 5.41) is 12.7. The van der Waals surface area contributed by atoms with Crippen LogP contribution in [0.2, 0.25) is 5.02 Å². The fourth-order valence-electron chi connectivity index (χ4n) is 3.05. The average Bonchev–Trinajstić information content (AvgIpc) is 2.86. The quantitative estimate of drug-likeness (QED) is 0.270. The summed E-state index contributed by atoms with van der Waals surface area (Å²) in [4.78, 5) is 24.7. The summed E-state index contributed by atoms with van der Waals surface area (Å²) in [5.74, 6) is -0.369. The third-order valence-corrected chi connectivity index (χ3v) is 5.15. The molecule has 0 heterocycles. The van der Waals surface area contributed by atoms with Crippen LogP contribution in [0.3, 0.4) is 0 Å². The first kappa shape index (κ1) is 24.4. The van der Waals surface area contributed by atoms with Crippen molar-refractivity contribution in [3.8, 4) is 17.6 Å². The second-order valence-corrected chi connectivity index (χ2v) is 7.36. The van der Waals surface area contributed by atoms with Gasteiger partial charge >= 0.3 is 5.97 Å². The van der Waals surface area contributed by atoms with E-state index in [2.05, 4.69) is 5.32 Å². The SMILES string of the molecule is COC(=O)c1ccccc1NC(=O)/C(C#N)=C/c1ccc(OC)c(OCc2ccccc2Cl)c1. The van der Waals surface area contributed by atoms with Crippen molar-refractivity contribution in [3.63, 3.8) is 0 Å². The molecule has 0 aromatic heterocycles. The van der Waals surface area contributed by atoms with E-state index >= 15 is 0 Å². The Kier molecular flexibility index (Phi) is 8.27. The molecule has 0 spiro atoms. The second-order valence-electron chi connectivity index (χ2n) is 6.95. The summed E-state index contributed by atoms with van der Waals surface area (Å²) in [5.41, 5.74) is 1.59. The van der Waals surface area contributed by atoms with Gasteiger partial charge in [0.2, 0.25) is 0 Å². The number of nitrogens with one attached hydrogen (secondary N) is 1. The van der Waals surface area contributed by atoms with Gasteiger partial charge in [0.1, 0.15) is 18.2 Å². The molecule has 1 N–H and O–H groups in total. The summed E-state index contributed by atoms with van der Waals surface area (Å²) in [6.07, 6.45) is 1.41. The van der Waals surface area contributed by atoms with Gasteiger partial charge in [-0.15, -0.1) is 0 Å². The van der Waals surface area contributed by atoms with Crippen LogP contribution in [0.25, 0.3) is 6.08 Å². The number of hydrogen-bond donors (Lipinski definition) is 1. The van der Waals surface area contributed by atoms with Crippen LogP contribution in [-0.4, -0.2) is 26.1 Å². The van der Waals surface area contributed by atoms with Crippen LogP contribution in [0, 0.1) is 11.3 Å². The number of nitrogens with zero attached hydrogens (tertiary/aromatic N) is 1. The first-order chi connectivity index (χ1) is 16.5. The van der Waals surface area contributed by atoms with Crippen molar-refractivity contribution in [3.05, 3.63) is 94.0 Å². The largest absolute Gasteiger partial charge is 0.493 e. The maximum absolute atomic E-state index is 12.7. The second kappa shape index (κ2) is 11.5. The molecule has 0 saturated carbocycles. The molecule has 1 amide bonds. The number of amides is 1. The van der Waals surface area contributed by atoms with E-state index in [0.717, 1.165) is 5.56 Å². The van der Waals surface area contributed by atoms with E-state index in [9.17, 15) is 14.9 Å². The fraction of sp³-hybridized carbons (Fsp3) is 0.115. The fourth-order valence-corrected chi connectivity index (χ4v) is 3.24. The number of hydrogen-bond acceptors (Lipinski definition) is 6. The van der Waals surface area contributed by atoms with Gasteiger partial charge in [0.05, 0.1) is 25.5 Å². The monoisotopic (exact) mass is 476 g/mol. The van der Waals surface area contributed by atoms with E-state index in [1.54, 1.807) is 42.5 Å². The number of carbonyl (C=O) groups excluding carboxylic acids is 2. The molecule has 0 atom stereocenters. The number of benzene rings is 3. The van der Waals surface area contributed by atoms with Crippen LogP contribution in [0.5, 0.6) is 11.5 Å². The van der Waals surface area contributed by atoms with E-state index in [1.807, 2.05) is 24.3 Å². The highest BCUT2D eigenvalue weighted by Crippen LogP contribution is 2.30. The highest BCUT2D eigenvalue weighted by molar-refractivity contribution is 6.31. The Labute approximate surface area is 202 Å². The zero-order valence-electron chi connectivity index (χ0n) is 18.5. The van der Waals surface area contributed by atoms with Crippen LogP contribution in [0.1, 0.15) is 21.5 Å². The van der Waals surface area contributed by atoms with Crippen molar-refractivity contribution in [2.24, 2.45) is 0 Å². The molecule has 34 heavy (non-hydrogen) atoms. The maximum Gasteiger partial charge on any atom is 0.339 e. The number of rotatable bonds is 8. The van der Waals surface area contributed by atoms with Gasteiger partial charge < -0.3 is 19.5 Å². The molecule has 0 unspecified atom stereocenters. The minimum atomic E-state index is -0.673. The molecule has 172 valence electrons. The molecule has 7 nitrogen and oxygen atoms in total. The molecule has 3 rings (SSSR count). The summed E-state index contributed by atoms with van der Waals surface area (Å²) in [6, 6.07) is 20.6. The molecule has 3 aromatic rings. The zero-order chi connectivity index (χ0) is 24.5. The summed E-state index contributed by atoms with van der Waals surface area (Å²) in [6.45, 7) is 0.207. The average molecular weight is 477 g/mol. The van der Waals surface area contributed by atoms with E-state index < -0.39 is 11.9 Å². The number of ether oxygens (including phenoxy) is 3. The van der Waals surface area contributed by atoms with Crippen molar-refractivity contribution in [2.45, 2.75) is 6.61 Å². The lowest BCUT2D eigenvalue weighted by Crippen LogP contribution is -2.16. The Balaban J connectivity index is 1.84. The molecular formula is C26H21ClN2O5. The highest BCUT2D eigenvalue weighted by Gasteiger charge is 2.16. The Hall–Kier alpha value is -4.28. The first-order valence-electron chi connectivity index (χ1n) is 10.1. The molecule has 0 bridgehead atoms. The number of halogens is 1. The van der Waals surface area contributed by atoms with Gasteiger partial charge in [0.25, 0.3) is 5.91 Å². The van der Waals surface area contributed by atoms with E-state index in [-0.39, 0.29) is 23.4 Å². The van der Waals surface area contributed by atoms with E-state index in [1.165, 1.54) is 26.4 Å². The van der Waals surface area contributed by atoms with Gasteiger partial charge in [-0.2, -0.15) is 5.26 Å². The lowest BCUT2D eigenvalue weighted by atomic mass is 10.1. The van der Waals surface area contributed by atoms with Gasteiger partial charge in [-0.05, 0) is 42.0 Å². The Morgan fingerprint density at radius 3 is 2.47 bits per heavy atom. The smallest absolute Gasteiger partial charge is 0.339 e. The molecule has 0 radical (unpaired) electrons. The van der Waals surface area contributed by atoms with Crippen molar-refractivity contribution in [2.75, 3.05) is 19.5 Å². The van der Waals surface area contributed by atoms with Crippen molar-refractivity contribution in [1.29, 1.82) is 5.26 Å². The van der Waals surface area contributed by atoms with Crippen LogP contribution < -0.4 is 14.8 Å². The van der Waals surface area contributed by atoms with Crippen molar-refractivity contribution in [1.82, 2.24) is 0 Å². The first-order valence-corrected chi connectivity index (χ1v) is 10.5. The number of anilines is 1. The Bertz CT molecular complexity index is 1280. The van der Waals surface area contributed by atoms with Crippen LogP contribution in [0.15, 0.2) is 72.3 Å².